The average Bonchev–Trinajstić information content (AvgIpc) is 3.17. The number of rotatable bonds is 4. The summed E-state index contributed by atoms with van der Waals surface area (Å²) >= 11 is 6.52. The Morgan fingerprint density at radius 1 is 1.10 bits per heavy atom. The Hall–Kier alpha value is -2.17. The minimum atomic E-state index is -0.161. The maximum atomic E-state index is 13.3. The number of likely N-dealkylation sites (tertiary alicyclic amines) is 1. The quantitative estimate of drug-likeness (QED) is 0.663. The van der Waals surface area contributed by atoms with Gasteiger partial charge in [-0.25, -0.2) is 5.01 Å². The summed E-state index contributed by atoms with van der Waals surface area (Å²) in [4.78, 5) is 15.6. The fourth-order valence-corrected chi connectivity index (χ4v) is 4.57. The lowest BCUT2D eigenvalue weighted by atomic mass is 9.96. The van der Waals surface area contributed by atoms with E-state index in [-0.39, 0.29) is 11.9 Å². The van der Waals surface area contributed by atoms with Crippen LogP contribution in [0.3, 0.4) is 0 Å². The molecule has 4 nitrogen and oxygen atoms in total. The van der Waals surface area contributed by atoms with Crippen LogP contribution in [-0.4, -0.2) is 41.2 Å². The van der Waals surface area contributed by atoms with Gasteiger partial charge >= 0.3 is 0 Å². The third-order valence-electron chi connectivity index (χ3n) is 6.51. The molecule has 0 aliphatic carbocycles. The number of piperidine rings is 1. The maximum absolute atomic E-state index is 13.3. The Bertz CT molecular complexity index is 963. The third kappa shape index (κ3) is 4.45. The van der Waals surface area contributed by atoms with Gasteiger partial charge in [0.1, 0.15) is 0 Å². The van der Waals surface area contributed by atoms with E-state index in [4.69, 9.17) is 16.7 Å². The molecule has 2 aliphatic heterocycles. The predicted molar refractivity (Wildman–Crippen MR) is 123 cm³/mol. The number of halogens is 1. The first kappa shape index (κ1) is 21.1. The second-order valence-electron chi connectivity index (χ2n) is 8.78. The number of aryl methyl sites for hydroxylation is 2. The van der Waals surface area contributed by atoms with Crippen LogP contribution in [0.25, 0.3) is 0 Å². The predicted octanol–water partition coefficient (Wildman–Crippen LogP) is 5.37. The van der Waals surface area contributed by atoms with Gasteiger partial charge in [-0.1, -0.05) is 48.9 Å². The monoisotopic (exact) mass is 423 g/mol. The lowest BCUT2D eigenvalue weighted by Gasteiger charge is -2.31. The summed E-state index contributed by atoms with van der Waals surface area (Å²) in [5, 5.41) is 7.19. The molecule has 2 heterocycles. The van der Waals surface area contributed by atoms with Crippen LogP contribution in [0.1, 0.15) is 54.5 Å². The highest BCUT2D eigenvalue weighted by molar-refractivity contribution is 6.31. The van der Waals surface area contributed by atoms with Crippen LogP contribution in [0.5, 0.6) is 0 Å². The van der Waals surface area contributed by atoms with Crippen LogP contribution < -0.4 is 0 Å². The second-order valence-corrected chi connectivity index (χ2v) is 9.19. The normalized spacial score (nSPS) is 20.5. The molecule has 0 saturated carbocycles. The van der Waals surface area contributed by atoms with E-state index in [2.05, 4.69) is 43.9 Å². The number of hydrogen-bond donors (Lipinski definition) is 0. The first-order valence-corrected chi connectivity index (χ1v) is 11.2. The van der Waals surface area contributed by atoms with Gasteiger partial charge in [0, 0.05) is 11.4 Å². The second kappa shape index (κ2) is 8.91. The zero-order valence-corrected chi connectivity index (χ0v) is 18.8. The molecule has 0 unspecified atom stereocenters. The Balaban J connectivity index is 1.61. The van der Waals surface area contributed by atoms with Crippen molar-refractivity contribution in [2.45, 2.75) is 46.1 Å². The van der Waals surface area contributed by atoms with Gasteiger partial charge in [0.05, 0.1) is 18.3 Å². The number of carbonyl (C=O) groups excluding carboxylic acids is 1. The molecule has 4 rings (SSSR count). The van der Waals surface area contributed by atoms with Gasteiger partial charge in [0.2, 0.25) is 0 Å². The summed E-state index contributed by atoms with van der Waals surface area (Å²) in [5.41, 5.74) is 5.48. The molecule has 0 N–H and O–H groups in total. The molecule has 5 heteroatoms. The summed E-state index contributed by atoms with van der Waals surface area (Å²) in [7, 11) is 0. The molecular formula is C25H30ClN3O. The molecular weight excluding hydrogens is 394 g/mol. The van der Waals surface area contributed by atoms with Gasteiger partial charge in [-0.2, -0.15) is 5.10 Å². The lowest BCUT2D eigenvalue weighted by Crippen LogP contribution is -2.41. The fraction of sp³-hybridized carbons (Fsp3) is 0.440. The topological polar surface area (TPSA) is 35.9 Å². The molecule has 2 aliphatic rings. The van der Waals surface area contributed by atoms with Crippen molar-refractivity contribution in [3.05, 3.63) is 69.7 Å². The zero-order chi connectivity index (χ0) is 21.3. The van der Waals surface area contributed by atoms with Crippen molar-refractivity contribution in [2.24, 2.45) is 11.0 Å². The molecule has 0 spiro atoms. The number of carbonyl (C=O) groups is 1. The molecule has 0 aromatic heterocycles. The third-order valence-corrected chi connectivity index (χ3v) is 6.85. The highest BCUT2D eigenvalue weighted by Crippen LogP contribution is 2.36. The van der Waals surface area contributed by atoms with Crippen molar-refractivity contribution < 1.29 is 4.79 Å². The van der Waals surface area contributed by atoms with Gasteiger partial charge in [0.15, 0.2) is 0 Å². The molecule has 1 fully saturated rings. The molecule has 1 amide bonds. The minimum Gasteiger partial charge on any atom is -0.294 e. The van der Waals surface area contributed by atoms with Gasteiger partial charge in [0.25, 0.3) is 5.91 Å². The number of hydrazone groups is 1. The summed E-state index contributed by atoms with van der Waals surface area (Å²) in [5.74, 6) is 0.793. The Morgan fingerprint density at radius 3 is 2.53 bits per heavy atom. The largest absolute Gasteiger partial charge is 0.294 e. The van der Waals surface area contributed by atoms with Crippen molar-refractivity contribution in [3.8, 4) is 0 Å². The van der Waals surface area contributed by atoms with Gasteiger partial charge in [-0.05, 0) is 80.1 Å². The van der Waals surface area contributed by atoms with Crippen LogP contribution in [0.4, 0.5) is 0 Å². The first-order valence-electron chi connectivity index (χ1n) is 10.9. The van der Waals surface area contributed by atoms with E-state index < -0.39 is 0 Å². The standard InChI is InChI=1S/C25H30ClN3O/c1-17-10-12-28(13-11-17)16-25(30)29-24(21-6-4-5-7-22(21)26)15-23(27-29)20-9-8-18(2)19(3)14-20/h4-9,14,17,24H,10-13,15-16H2,1-3H3/t24-/m0/s1. The van der Waals surface area contributed by atoms with E-state index in [1.165, 1.54) is 11.1 Å². The fourth-order valence-electron chi connectivity index (χ4n) is 4.31. The molecule has 1 saturated heterocycles. The first-order chi connectivity index (χ1) is 14.4. The van der Waals surface area contributed by atoms with E-state index in [0.717, 1.165) is 48.7 Å². The van der Waals surface area contributed by atoms with Crippen molar-refractivity contribution in [1.82, 2.24) is 9.91 Å². The van der Waals surface area contributed by atoms with Crippen molar-refractivity contribution >= 4 is 23.2 Å². The maximum Gasteiger partial charge on any atom is 0.257 e. The SMILES string of the molecule is Cc1ccc(C2=NN(C(=O)CN3CCC(C)CC3)[C@H](c3ccccc3Cl)C2)cc1C. The lowest BCUT2D eigenvalue weighted by molar-refractivity contribution is -0.134. The number of nitrogens with zero attached hydrogens (tertiary/aromatic N) is 3. The van der Waals surface area contributed by atoms with Crippen molar-refractivity contribution in [2.75, 3.05) is 19.6 Å². The summed E-state index contributed by atoms with van der Waals surface area (Å²) in [6, 6.07) is 14.0. The molecule has 2 aromatic rings. The number of benzene rings is 2. The Kier molecular flexibility index (Phi) is 6.26. The van der Waals surface area contributed by atoms with Crippen LogP contribution in [0.2, 0.25) is 5.02 Å². The van der Waals surface area contributed by atoms with Crippen LogP contribution in [0, 0.1) is 19.8 Å². The smallest absolute Gasteiger partial charge is 0.257 e. The van der Waals surface area contributed by atoms with Crippen LogP contribution in [-0.2, 0) is 4.79 Å². The average molecular weight is 424 g/mol. The molecule has 0 bridgehead atoms. The van der Waals surface area contributed by atoms with E-state index in [1.807, 2.05) is 24.3 Å². The Labute approximate surface area is 184 Å². The van der Waals surface area contributed by atoms with Gasteiger partial charge in [-0.15, -0.1) is 0 Å². The van der Waals surface area contributed by atoms with E-state index in [1.54, 1.807) is 5.01 Å². The van der Waals surface area contributed by atoms with Crippen molar-refractivity contribution in [3.63, 3.8) is 0 Å². The highest BCUT2D eigenvalue weighted by Gasteiger charge is 2.35. The number of hydrogen-bond acceptors (Lipinski definition) is 3. The molecule has 158 valence electrons. The summed E-state index contributed by atoms with van der Waals surface area (Å²) in [6.07, 6.45) is 2.98. The molecule has 2 aromatic carbocycles. The van der Waals surface area contributed by atoms with Gasteiger partial charge < -0.3 is 0 Å². The van der Waals surface area contributed by atoms with Crippen LogP contribution in [0.15, 0.2) is 47.6 Å². The van der Waals surface area contributed by atoms with E-state index in [9.17, 15) is 4.79 Å². The van der Waals surface area contributed by atoms with Gasteiger partial charge in [-0.3, -0.25) is 9.69 Å². The van der Waals surface area contributed by atoms with Crippen molar-refractivity contribution in [1.29, 1.82) is 0 Å². The summed E-state index contributed by atoms with van der Waals surface area (Å²) in [6.45, 7) is 8.87. The molecule has 1 atom stereocenters. The highest BCUT2D eigenvalue weighted by atomic mass is 35.5. The molecule has 30 heavy (non-hydrogen) atoms. The minimum absolute atomic E-state index is 0.0494. The Morgan fingerprint density at radius 2 is 1.83 bits per heavy atom. The van der Waals surface area contributed by atoms with E-state index in [0.29, 0.717) is 18.0 Å². The van der Waals surface area contributed by atoms with Crippen LogP contribution >= 0.6 is 11.6 Å². The summed E-state index contributed by atoms with van der Waals surface area (Å²) < 4.78 is 0. The van der Waals surface area contributed by atoms with E-state index >= 15 is 0 Å². The molecule has 0 radical (unpaired) electrons. The number of amides is 1. The zero-order valence-electron chi connectivity index (χ0n) is 18.1.